The Hall–Kier alpha value is -0.690. The zero-order valence-electron chi connectivity index (χ0n) is 8.51. The van der Waals surface area contributed by atoms with Crippen LogP contribution in [0.4, 0.5) is 0 Å². The number of hydrogen-bond donors (Lipinski definition) is 1. The molecule has 0 heterocycles. The summed E-state index contributed by atoms with van der Waals surface area (Å²) in [5, 5.41) is 11.9. The Balaban J connectivity index is 2.45. The third-order valence-corrected chi connectivity index (χ3v) is 3.31. The van der Waals surface area contributed by atoms with Crippen molar-refractivity contribution in [3.05, 3.63) is 0 Å². The van der Waals surface area contributed by atoms with Crippen molar-refractivity contribution < 1.29 is 4.79 Å². The van der Waals surface area contributed by atoms with Crippen LogP contribution in [0.1, 0.15) is 25.7 Å². The summed E-state index contributed by atoms with van der Waals surface area (Å²) in [4.78, 5) is 11.7. The van der Waals surface area contributed by atoms with E-state index < -0.39 is 5.41 Å². The van der Waals surface area contributed by atoms with Crippen molar-refractivity contribution in [2.45, 2.75) is 25.7 Å². The van der Waals surface area contributed by atoms with Gasteiger partial charge in [0, 0.05) is 12.3 Å². The minimum absolute atomic E-state index is 0.0634. The molecule has 4 heteroatoms. The summed E-state index contributed by atoms with van der Waals surface area (Å²) in [7, 11) is 0. The number of nitriles is 1. The Morgan fingerprint density at radius 2 is 2.21 bits per heavy atom. The first-order chi connectivity index (χ1) is 6.75. The fourth-order valence-electron chi connectivity index (χ4n) is 1.80. The second-order valence-corrected chi connectivity index (χ2v) is 4.64. The Kier molecular flexibility index (Phi) is 4.27. The molecule has 1 N–H and O–H groups in total. The molecule has 14 heavy (non-hydrogen) atoms. The first kappa shape index (κ1) is 11.4. The molecular weight excluding hydrogens is 196 g/mol. The van der Waals surface area contributed by atoms with Crippen molar-refractivity contribution in [1.82, 2.24) is 5.32 Å². The smallest absolute Gasteiger partial charge is 0.240 e. The third-order valence-electron chi connectivity index (χ3n) is 2.70. The zero-order valence-corrected chi connectivity index (χ0v) is 9.32. The van der Waals surface area contributed by atoms with Crippen LogP contribution in [0.15, 0.2) is 0 Å². The van der Waals surface area contributed by atoms with Crippen LogP contribution in [0, 0.1) is 16.7 Å². The maximum absolute atomic E-state index is 11.7. The lowest BCUT2D eigenvalue weighted by atomic mass is 9.87. The minimum atomic E-state index is -0.710. The lowest BCUT2D eigenvalue weighted by Gasteiger charge is -2.18. The molecule has 0 atom stereocenters. The summed E-state index contributed by atoms with van der Waals surface area (Å²) in [5.41, 5.74) is -0.710. The van der Waals surface area contributed by atoms with Crippen LogP contribution in [-0.4, -0.2) is 24.5 Å². The highest BCUT2D eigenvalue weighted by Crippen LogP contribution is 2.37. The highest BCUT2D eigenvalue weighted by molar-refractivity contribution is 7.98. The van der Waals surface area contributed by atoms with E-state index in [1.807, 2.05) is 6.26 Å². The molecule has 0 radical (unpaired) electrons. The van der Waals surface area contributed by atoms with Gasteiger partial charge in [-0.1, -0.05) is 12.8 Å². The van der Waals surface area contributed by atoms with Crippen LogP contribution in [-0.2, 0) is 4.79 Å². The number of hydrogen-bond acceptors (Lipinski definition) is 3. The maximum Gasteiger partial charge on any atom is 0.240 e. The molecule has 1 amide bonds. The summed E-state index contributed by atoms with van der Waals surface area (Å²) in [6.45, 7) is 0.670. The van der Waals surface area contributed by atoms with Crippen LogP contribution in [0.25, 0.3) is 0 Å². The van der Waals surface area contributed by atoms with E-state index in [0.29, 0.717) is 6.54 Å². The average Bonchev–Trinajstić information content (AvgIpc) is 2.67. The van der Waals surface area contributed by atoms with Gasteiger partial charge in [-0.3, -0.25) is 4.79 Å². The van der Waals surface area contributed by atoms with Gasteiger partial charge >= 0.3 is 0 Å². The Morgan fingerprint density at radius 3 is 2.71 bits per heavy atom. The number of carbonyl (C=O) groups is 1. The third kappa shape index (κ3) is 2.42. The summed E-state index contributed by atoms with van der Waals surface area (Å²) < 4.78 is 0. The van der Waals surface area contributed by atoms with Crippen molar-refractivity contribution in [2.75, 3.05) is 18.6 Å². The standard InChI is InChI=1S/C10H16N2OS/c1-14-7-6-12-9(13)10(8-11)4-2-3-5-10/h2-7H2,1H3,(H,12,13). The van der Waals surface area contributed by atoms with Gasteiger partial charge in [0.2, 0.25) is 5.91 Å². The topological polar surface area (TPSA) is 52.9 Å². The summed E-state index contributed by atoms with van der Waals surface area (Å²) in [6, 6.07) is 2.19. The van der Waals surface area contributed by atoms with Crippen LogP contribution in [0.3, 0.4) is 0 Å². The molecule has 0 aromatic rings. The number of nitrogens with zero attached hydrogens (tertiary/aromatic N) is 1. The summed E-state index contributed by atoms with van der Waals surface area (Å²) in [6.07, 6.45) is 5.47. The van der Waals surface area contributed by atoms with E-state index in [0.717, 1.165) is 31.4 Å². The molecule has 1 fully saturated rings. The van der Waals surface area contributed by atoms with Gasteiger partial charge in [0.1, 0.15) is 5.41 Å². The van der Waals surface area contributed by atoms with E-state index in [9.17, 15) is 4.79 Å². The number of thioether (sulfide) groups is 1. The summed E-state index contributed by atoms with van der Waals surface area (Å²) in [5.74, 6) is 0.847. The van der Waals surface area contributed by atoms with E-state index in [4.69, 9.17) is 5.26 Å². The maximum atomic E-state index is 11.7. The molecular formula is C10H16N2OS. The van der Waals surface area contributed by atoms with Crippen molar-refractivity contribution in [1.29, 1.82) is 5.26 Å². The van der Waals surface area contributed by atoms with Gasteiger partial charge in [0.15, 0.2) is 0 Å². The molecule has 0 aromatic heterocycles. The van der Waals surface area contributed by atoms with Crippen molar-refractivity contribution >= 4 is 17.7 Å². The predicted octanol–water partition coefficient (Wildman–Crippen LogP) is 1.55. The second kappa shape index (κ2) is 5.26. The molecule has 3 nitrogen and oxygen atoms in total. The number of rotatable bonds is 4. The quantitative estimate of drug-likeness (QED) is 0.719. The van der Waals surface area contributed by atoms with Gasteiger partial charge < -0.3 is 5.32 Å². The lowest BCUT2D eigenvalue weighted by Crippen LogP contribution is -2.39. The van der Waals surface area contributed by atoms with Gasteiger partial charge in [-0.05, 0) is 19.1 Å². The van der Waals surface area contributed by atoms with E-state index in [1.165, 1.54) is 0 Å². The Bertz CT molecular complexity index is 241. The van der Waals surface area contributed by atoms with Gasteiger partial charge in [0.25, 0.3) is 0 Å². The molecule has 0 aliphatic heterocycles. The SMILES string of the molecule is CSCCNC(=O)C1(C#N)CCCC1. The molecule has 1 saturated carbocycles. The van der Waals surface area contributed by atoms with Gasteiger partial charge in [-0.25, -0.2) is 0 Å². The molecule has 1 rings (SSSR count). The Labute approximate surface area is 89.2 Å². The van der Waals surface area contributed by atoms with Crippen LogP contribution in [0.2, 0.25) is 0 Å². The van der Waals surface area contributed by atoms with Crippen LogP contribution >= 0.6 is 11.8 Å². The van der Waals surface area contributed by atoms with E-state index in [2.05, 4.69) is 11.4 Å². The molecule has 1 aliphatic carbocycles. The predicted molar refractivity (Wildman–Crippen MR) is 57.9 cm³/mol. The fraction of sp³-hybridized carbons (Fsp3) is 0.800. The highest BCUT2D eigenvalue weighted by Gasteiger charge is 2.41. The van der Waals surface area contributed by atoms with Gasteiger partial charge in [-0.15, -0.1) is 0 Å². The molecule has 1 aliphatic rings. The number of nitrogens with one attached hydrogen (secondary N) is 1. The van der Waals surface area contributed by atoms with Gasteiger partial charge in [0.05, 0.1) is 6.07 Å². The molecule has 0 bridgehead atoms. The van der Waals surface area contributed by atoms with Crippen molar-refractivity contribution in [3.63, 3.8) is 0 Å². The first-order valence-corrected chi connectivity index (χ1v) is 6.33. The van der Waals surface area contributed by atoms with Crippen molar-refractivity contribution in [3.8, 4) is 6.07 Å². The monoisotopic (exact) mass is 212 g/mol. The van der Waals surface area contributed by atoms with E-state index in [1.54, 1.807) is 11.8 Å². The highest BCUT2D eigenvalue weighted by atomic mass is 32.2. The van der Waals surface area contributed by atoms with Gasteiger partial charge in [-0.2, -0.15) is 17.0 Å². The lowest BCUT2D eigenvalue weighted by molar-refractivity contribution is -0.127. The van der Waals surface area contributed by atoms with Crippen molar-refractivity contribution in [2.24, 2.45) is 5.41 Å². The normalized spacial score (nSPS) is 18.9. The molecule has 0 unspecified atom stereocenters. The molecule has 0 spiro atoms. The summed E-state index contributed by atoms with van der Waals surface area (Å²) >= 11 is 1.70. The average molecular weight is 212 g/mol. The number of carbonyl (C=O) groups excluding carboxylic acids is 1. The van der Waals surface area contributed by atoms with E-state index in [-0.39, 0.29) is 5.91 Å². The van der Waals surface area contributed by atoms with Crippen LogP contribution in [0.5, 0.6) is 0 Å². The fourth-order valence-corrected chi connectivity index (χ4v) is 2.11. The van der Waals surface area contributed by atoms with Crippen LogP contribution < -0.4 is 5.32 Å². The Morgan fingerprint density at radius 1 is 1.57 bits per heavy atom. The largest absolute Gasteiger partial charge is 0.354 e. The first-order valence-electron chi connectivity index (χ1n) is 4.94. The zero-order chi connectivity index (χ0) is 10.4. The number of amides is 1. The minimum Gasteiger partial charge on any atom is -0.354 e. The molecule has 78 valence electrons. The molecule has 0 saturated heterocycles. The molecule has 0 aromatic carbocycles. The van der Waals surface area contributed by atoms with E-state index >= 15 is 0 Å². The second-order valence-electron chi connectivity index (χ2n) is 3.65.